The van der Waals surface area contributed by atoms with Crippen molar-refractivity contribution in [3.8, 4) is 33.4 Å². The fourth-order valence-electron chi connectivity index (χ4n) is 5.73. The van der Waals surface area contributed by atoms with Crippen molar-refractivity contribution in [3.05, 3.63) is 121 Å². The minimum atomic E-state index is 0.926. The first-order valence-electron chi connectivity index (χ1n) is 12.2. The number of hydrogen-bond donors (Lipinski definition) is 0. The lowest BCUT2D eigenvalue weighted by Gasteiger charge is -2.22. The predicted octanol–water partition coefficient (Wildman–Crippen LogP) is 10.2. The van der Waals surface area contributed by atoms with Gasteiger partial charge in [0.15, 0.2) is 0 Å². The molecule has 0 saturated carbocycles. The third-order valence-electron chi connectivity index (χ3n) is 7.31. The van der Waals surface area contributed by atoms with Crippen molar-refractivity contribution < 1.29 is 4.42 Å². The van der Waals surface area contributed by atoms with E-state index in [-0.39, 0.29) is 0 Å². The summed E-state index contributed by atoms with van der Waals surface area (Å²) in [5.41, 5.74) is 9.28. The van der Waals surface area contributed by atoms with Gasteiger partial charge in [0.2, 0.25) is 0 Å². The summed E-state index contributed by atoms with van der Waals surface area (Å²) in [7, 11) is 0. The van der Waals surface area contributed by atoms with E-state index < -0.39 is 0 Å². The van der Waals surface area contributed by atoms with Crippen molar-refractivity contribution in [1.82, 2.24) is 0 Å². The van der Waals surface area contributed by atoms with Crippen LogP contribution in [0.2, 0.25) is 0 Å². The van der Waals surface area contributed by atoms with Crippen molar-refractivity contribution in [2.45, 2.75) is 9.79 Å². The zero-order valence-electron chi connectivity index (χ0n) is 19.4. The summed E-state index contributed by atoms with van der Waals surface area (Å²) in [6.07, 6.45) is 0. The molecule has 0 N–H and O–H groups in total. The third kappa shape index (κ3) is 2.79. The van der Waals surface area contributed by atoms with Crippen LogP contribution in [0.4, 0.5) is 0 Å². The summed E-state index contributed by atoms with van der Waals surface area (Å²) in [4.78, 5) is 2.64. The van der Waals surface area contributed by atoms with Crippen LogP contribution in [0, 0.1) is 0 Å². The summed E-state index contributed by atoms with van der Waals surface area (Å²) in [6.45, 7) is 0. The molecule has 8 rings (SSSR count). The molecule has 1 aliphatic rings. The summed E-state index contributed by atoms with van der Waals surface area (Å²) >= 11 is 1.87. The van der Waals surface area contributed by atoms with Crippen LogP contribution in [0.1, 0.15) is 0 Å². The normalized spacial score (nSPS) is 12.3. The standard InChI is InChI=1S/C34H20OS/c1-2-10-22(28-15-8-16-29-24-11-3-5-17-30(24)35-34(28)29)21(9-1)23-19-20-32-33-26(23)13-7-14-27(33)25-12-4-6-18-31(25)36-32/h1-20H. The Morgan fingerprint density at radius 1 is 0.389 bits per heavy atom. The monoisotopic (exact) mass is 476 g/mol. The number of para-hydroxylation sites is 2. The van der Waals surface area contributed by atoms with Gasteiger partial charge in [0.05, 0.1) is 0 Å². The second-order valence-electron chi connectivity index (χ2n) is 9.26. The van der Waals surface area contributed by atoms with Crippen LogP contribution in [0.5, 0.6) is 0 Å². The lowest BCUT2D eigenvalue weighted by Crippen LogP contribution is -1.94. The van der Waals surface area contributed by atoms with Crippen molar-refractivity contribution >= 4 is 44.5 Å². The maximum absolute atomic E-state index is 6.42. The van der Waals surface area contributed by atoms with E-state index in [1.54, 1.807) is 0 Å². The molecule has 1 aliphatic heterocycles. The Balaban J connectivity index is 1.41. The highest BCUT2D eigenvalue weighted by Gasteiger charge is 2.22. The predicted molar refractivity (Wildman–Crippen MR) is 152 cm³/mol. The maximum atomic E-state index is 6.42. The molecule has 2 heterocycles. The SMILES string of the molecule is c1ccc2c(c1)Sc1ccc(-c3ccccc3-c3cccc4c3oc3ccccc34)c3cccc-2c13. The van der Waals surface area contributed by atoms with E-state index in [0.29, 0.717) is 0 Å². The number of fused-ring (bicyclic) bond motifs is 5. The van der Waals surface area contributed by atoms with Crippen LogP contribution in [0.15, 0.2) is 136 Å². The Morgan fingerprint density at radius 3 is 1.92 bits per heavy atom. The van der Waals surface area contributed by atoms with Gasteiger partial charge in [-0.05, 0) is 51.4 Å². The zero-order valence-corrected chi connectivity index (χ0v) is 20.2. The quantitative estimate of drug-likeness (QED) is 0.246. The Hall–Kier alpha value is -4.27. The van der Waals surface area contributed by atoms with Crippen LogP contribution >= 0.6 is 11.8 Å². The molecule has 1 aromatic heterocycles. The molecule has 0 aliphatic carbocycles. The van der Waals surface area contributed by atoms with E-state index in [4.69, 9.17) is 4.42 Å². The maximum Gasteiger partial charge on any atom is 0.143 e. The lowest BCUT2D eigenvalue weighted by molar-refractivity contribution is 0.670. The summed E-state index contributed by atoms with van der Waals surface area (Å²) in [5, 5.41) is 4.94. The van der Waals surface area contributed by atoms with E-state index >= 15 is 0 Å². The molecule has 36 heavy (non-hydrogen) atoms. The highest BCUT2D eigenvalue weighted by atomic mass is 32.2. The van der Waals surface area contributed by atoms with E-state index in [2.05, 4.69) is 109 Å². The summed E-state index contributed by atoms with van der Waals surface area (Å²) in [5.74, 6) is 0. The molecule has 0 spiro atoms. The fourth-order valence-corrected chi connectivity index (χ4v) is 6.86. The molecule has 0 unspecified atom stereocenters. The average molecular weight is 477 g/mol. The Bertz CT molecular complexity index is 1980. The van der Waals surface area contributed by atoms with Crippen LogP contribution < -0.4 is 0 Å². The van der Waals surface area contributed by atoms with Gasteiger partial charge in [-0.1, -0.05) is 115 Å². The van der Waals surface area contributed by atoms with Crippen molar-refractivity contribution in [2.24, 2.45) is 0 Å². The van der Waals surface area contributed by atoms with Crippen LogP contribution in [0.25, 0.3) is 66.1 Å². The fraction of sp³-hybridized carbons (Fsp3) is 0. The molecule has 0 amide bonds. The van der Waals surface area contributed by atoms with Crippen LogP contribution in [-0.2, 0) is 0 Å². The highest BCUT2D eigenvalue weighted by molar-refractivity contribution is 7.99. The highest BCUT2D eigenvalue weighted by Crippen LogP contribution is 2.50. The van der Waals surface area contributed by atoms with Crippen molar-refractivity contribution in [1.29, 1.82) is 0 Å². The molecule has 6 aromatic carbocycles. The molecule has 2 heteroatoms. The third-order valence-corrected chi connectivity index (χ3v) is 8.45. The van der Waals surface area contributed by atoms with E-state index in [9.17, 15) is 0 Å². The number of benzene rings is 6. The topological polar surface area (TPSA) is 13.1 Å². The first-order valence-corrected chi connectivity index (χ1v) is 13.0. The molecular weight excluding hydrogens is 456 g/mol. The van der Waals surface area contributed by atoms with Gasteiger partial charge in [0, 0.05) is 31.5 Å². The van der Waals surface area contributed by atoms with Gasteiger partial charge in [-0.3, -0.25) is 0 Å². The largest absolute Gasteiger partial charge is 0.455 e. The summed E-state index contributed by atoms with van der Waals surface area (Å²) < 4.78 is 6.42. The van der Waals surface area contributed by atoms with Crippen molar-refractivity contribution in [2.75, 3.05) is 0 Å². The molecule has 7 aromatic rings. The van der Waals surface area contributed by atoms with Gasteiger partial charge in [0.1, 0.15) is 11.2 Å². The Labute approximate surface area is 213 Å². The molecule has 168 valence electrons. The first-order chi connectivity index (χ1) is 17.9. The first kappa shape index (κ1) is 20.0. The van der Waals surface area contributed by atoms with E-state index in [0.717, 1.165) is 27.5 Å². The second kappa shape index (κ2) is 7.61. The van der Waals surface area contributed by atoms with E-state index in [1.165, 1.54) is 48.4 Å². The number of hydrogen-bond acceptors (Lipinski definition) is 2. The lowest BCUT2D eigenvalue weighted by atomic mass is 9.88. The zero-order chi connectivity index (χ0) is 23.6. The van der Waals surface area contributed by atoms with Gasteiger partial charge < -0.3 is 4.42 Å². The van der Waals surface area contributed by atoms with Gasteiger partial charge >= 0.3 is 0 Å². The Morgan fingerprint density at radius 2 is 1.03 bits per heavy atom. The van der Waals surface area contributed by atoms with Crippen LogP contribution in [-0.4, -0.2) is 0 Å². The number of furan rings is 1. The molecule has 0 atom stereocenters. The van der Waals surface area contributed by atoms with Gasteiger partial charge in [-0.15, -0.1) is 0 Å². The van der Waals surface area contributed by atoms with E-state index in [1.807, 2.05) is 23.9 Å². The second-order valence-corrected chi connectivity index (χ2v) is 10.3. The minimum Gasteiger partial charge on any atom is -0.455 e. The molecule has 0 bridgehead atoms. The molecule has 0 fully saturated rings. The van der Waals surface area contributed by atoms with Gasteiger partial charge in [0.25, 0.3) is 0 Å². The molecule has 0 saturated heterocycles. The average Bonchev–Trinajstić information content (AvgIpc) is 3.33. The van der Waals surface area contributed by atoms with Crippen molar-refractivity contribution in [3.63, 3.8) is 0 Å². The molecule has 1 nitrogen and oxygen atoms in total. The summed E-state index contributed by atoms with van der Waals surface area (Å²) in [6, 6.07) is 43.5. The van der Waals surface area contributed by atoms with Gasteiger partial charge in [-0.25, -0.2) is 0 Å². The Kier molecular flexibility index (Phi) is 4.22. The molecular formula is C34H20OS. The number of rotatable bonds is 2. The molecule has 0 radical (unpaired) electrons. The van der Waals surface area contributed by atoms with Crippen LogP contribution in [0.3, 0.4) is 0 Å². The minimum absolute atomic E-state index is 0.926. The smallest absolute Gasteiger partial charge is 0.143 e. The van der Waals surface area contributed by atoms with Gasteiger partial charge in [-0.2, -0.15) is 0 Å².